The number of benzene rings is 1. The van der Waals surface area contributed by atoms with Gasteiger partial charge in [0.2, 0.25) is 5.91 Å². The Balaban J connectivity index is 0.00000192. The molecule has 1 atom stereocenters. The first-order valence-corrected chi connectivity index (χ1v) is 13.0. The first-order chi connectivity index (χ1) is 14.5. The number of amides is 1. The quantitative estimate of drug-likeness (QED) is 0.211. The molecule has 1 aromatic carbocycles. The maximum atomic E-state index is 12.2. The van der Waals surface area contributed by atoms with Crippen molar-refractivity contribution in [1.82, 2.24) is 5.32 Å². The van der Waals surface area contributed by atoms with E-state index in [2.05, 4.69) is 43.4 Å². The van der Waals surface area contributed by atoms with Crippen LogP contribution in [0.15, 0.2) is 30.3 Å². The van der Waals surface area contributed by atoms with E-state index in [4.69, 9.17) is 14.4 Å². The van der Waals surface area contributed by atoms with Crippen molar-refractivity contribution in [3.05, 3.63) is 35.9 Å². The summed E-state index contributed by atoms with van der Waals surface area (Å²) < 4.78 is 8.74. The normalized spacial score (nSPS) is 11.6. The van der Waals surface area contributed by atoms with Crippen LogP contribution in [0.25, 0.3) is 0 Å². The summed E-state index contributed by atoms with van der Waals surface area (Å²) >= 11 is 0. The maximum absolute atomic E-state index is 12.2. The maximum Gasteiger partial charge on any atom is 0.314 e. The average molecular weight is 442 g/mol. The Hall–Kier alpha value is -1.16. The monoisotopic (exact) mass is 441 g/mol. The number of nitrogens with one attached hydrogen (secondary N) is 1. The Morgan fingerprint density at radius 3 is 1.80 bits per heavy atom. The Morgan fingerprint density at radius 2 is 1.33 bits per heavy atom. The molecule has 0 radical (unpaired) electrons. The molecule has 174 valence electrons. The molecule has 0 fully saturated rings. The van der Waals surface area contributed by atoms with Crippen molar-refractivity contribution in [2.24, 2.45) is 0 Å². The van der Waals surface area contributed by atoms with Crippen molar-refractivity contribution < 1.29 is 19.1 Å². The number of carbonyl (C=O) groups excluding carboxylic acids is 1. The number of hydrogen-bond acceptors (Lipinski definition) is 2. The average Bonchev–Trinajstić information content (AvgIpc) is 2.72. The summed E-state index contributed by atoms with van der Waals surface area (Å²) in [5.74, 6) is 0.226. The Morgan fingerprint density at radius 1 is 0.867 bits per heavy atom. The molecule has 0 bridgehead atoms. The van der Waals surface area contributed by atoms with Gasteiger partial charge in [-0.1, -0.05) is 108 Å². The molecule has 1 unspecified atom stereocenters. The zero-order chi connectivity index (χ0) is 22.5. The topological polar surface area (TPSA) is 86.6 Å². The van der Waals surface area contributed by atoms with Crippen LogP contribution in [0.3, 0.4) is 0 Å². The van der Waals surface area contributed by atoms with E-state index in [1.54, 1.807) is 0 Å². The van der Waals surface area contributed by atoms with E-state index in [1.807, 2.05) is 6.07 Å². The van der Waals surface area contributed by atoms with Crippen molar-refractivity contribution in [2.75, 3.05) is 0 Å². The first kappa shape index (κ1) is 28.8. The van der Waals surface area contributed by atoms with Crippen LogP contribution in [-0.2, 0) is 15.8 Å². The van der Waals surface area contributed by atoms with Crippen LogP contribution in [0.5, 0.6) is 0 Å². The smallest absolute Gasteiger partial charge is 0.314 e. The van der Waals surface area contributed by atoms with Gasteiger partial charge in [-0.2, -0.15) is 0 Å². The third kappa shape index (κ3) is 20.1. The molecule has 0 saturated heterocycles. The molecule has 0 aliphatic heterocycles. The molecule has 1 rings (SSSR count). The second-order valence-corrected chi connectivity index (χ2v) is 8.50. The molecule has 0 aromatic heterocycles. The van der Waals surface area contributed by atoms with Crippen LogP contribution in [0.2, 0.25) is 0 Å². The minimum absolute atomic E-state index is 0.226. The molecule has 1 aromatic rings. The van der Waals surface area contributed by atoms with Gasteiger partial charge in [0.1, 0.15) is 0 Å². The van der Waals surface area contributed by atoms with E-state index < -0.39 is 8.25 Å². The lowest BCUT2D eigenvalue weighted by Gasteiger charge is -2.17. The molecular formula is C24H44NO4P. The molecule has 30 heavy (non-hydrogen) atoms. The fraction of sp³-hybridized carbons (Fsp3) is 0.708. The van der Waals surface area contributed by atoms with Gasteiger partial charge in [0.25, 0.3) is 0 Å². The van der Waals surface area contributed by atoms with Crippen LogP contribution in [0.4, 0.5) is 0 Å². The minimum Gasteiger partial charge on any atom is -0.353 e. The Bertz CT molecular complexity index is 535. The summed E-state index contributed by atoms with van der Waals surface area (Å²) in [5.41, 5.74) is 1.30. The highest BCUT2D eigenvalue weighted by atomic mass is 31.1. The van der Waals surface area contributed by atoms with Gasteiger partial charge in [0.05, 0.1) is 0 Å². The standard InChI is InChI=1S/C24H41NO.H3O3P/c1-3-5-6-7-8-9-10-11-12-13-17-20-24(26)25-23(4-2)21-22-18-15-14-16-19-22;1-4(2)3/h14-16,18-19,23H,3-13,17,20-21H2,1-2H3,(H,25,26);4H,(H2,1,2,3). The molecule has 0 spiro atoms. The molecular weight excluding hydrogens is 397 g/mol. The van der Waals surface area contributed by atoms with E-state index in [0.717, 1.165) is 19.3 Å². The summed E-state index contributed by atoms with van der Waals surface area (Å²) in [6, 6.07) is 10.7. The predicted octanol–water partition coefficient (Wildman–Crippen LogP) is 6.19. The summed E-state index contributed by atoms with van der Waals surface area (Å²) in [7, 11) is -3.13. The van der Waals surface area contributed by atoms with Crippen LogP contribution < -0.4 is 5.32 Å². The van der Waals surface area contributed by atoms with Gasteiger partial charge < -0.3 is 15.1 Å². The fourth-order valence-corrected chi connectivity index (χ4v) is 3.45. The lowest BCUT2D eigenvalue weighted by molar-refractivity contribution is -0.121. The highest BCUT2D eigenvalue weighted by Crippen LogP contribution is 2.12. The van der Waals surface area contributed by atoms with Crippen LogP contribution in [0.1, 0.15) is 103 Å². The van der Waals surface area contributed by atoms with Crippen LogP contribution in [0, 0.1) is 0 Å². The van der Waals surface area contributed by atoms with Gasteiger partial charge >= 0.3 is 8.25 Å². The van der Waals surface area contributed by atoms with Crippen molar-refractivity contribution in [1.29, 1.82) is 0 Å². The highest BCUT2D eigenvalue weighted by molar-refractivity contribution is 7.30. The molecule has 0 heterocycles. The van der Waals surface area contributed by atoms with E-state index in [-0.39, 0.29) is 11.9 Å². The summed E-state index contributed by atoms with van der Waals surface area (Å²) in [6.07, 6.45) is 17.2. The molecule has 5 nitrogen and oxygen atoms in total. The third-order valence-electron chi connectivity index (χ3n) is 5.19. The van der Waals surface area contributed by atoms with Crippen LogP contribution >= 0.6 is 8.25 Å². The number of rotatable bonds is 16. The fourth-order valence-electron chi connectivity index (χ4n) is 3.45. The van der Waals surface area contributed by atoms with E-state index >= 15 is 0 Å². The molecule has 0 saturated carbocycles. The zero-order valence-electron chi connectivity index (χ0n) is 19.1. The molecule has 6 heteroatoms. The summed E-state index contributed by atoms with van der Waals surface area (Å²) in [5, 5.41) is 3.21. The number of hydrogen-bond donors (Lipinski definition) is 3. The van der Waals surface area contributed by atoms with E-state index in [0.29, 0.717) is 6.42 Å². The predicted molar refractivity (Wildman–Crippen MR) is 127 cm³/mol. The molecule has 1 amide bonds. The van der Waals surface area contributed by atoms with Crippen LogP contribution in [-0.4, -0.2) is 21.7 Å². The van der Waals surface area contributed by atoms with E-state index in [9.17, 15) is 4.79 Å². The van der Waals surface area contributed by atoms with Crippen molar-refractivity contribution in [2.45, 2.75) is 110 Å². The zero-order valence-corrected chi connectivity index (χ0v) is 20.1. The van der Waals surface area contributed by atoms with Gasteiger partial charge in [0, 0.05) is 12.5 Å². The number of carbonyl (C=O) groups is 1. The molecule has 0 aliphatic carbocycles. The van der Waals surface area contributed by atoms with Gasteiger partial charge in [0.15, 0.2) is 0 Å². The summed E-state index contributed by atoms with van der Waals surface area (Å²) in [4.78, 5) is 26.5. The molecule has 0 aliphatic rings. The second-order valence-electron chi connectivity index (χ2n) is 7.93. The van der Waals surface area contributed by atoms with Gasteiger partial charge in [-0.15, -0.1) is 0 Å². The van der Waals surface area contributed by atoms with Gasteiger partial charge in [-0.3, -0.25) is 9.36 Å². The van der Waals surface area contributed by atoms with E-state index in [1.165, 1.54) is 69.8 Å². The highest BCUT2D eigenvalue weighted by Gasteiger charge is 2.10. The third-order valence-corrected chi connectivity index (χ3v) is 5.19. The second kappa shape index (κ2) is 21.1. The SMILES string of the molecule is CCCCCCCCCCCCCC(=O)NC(CC)Cc1ccccc1.O=[PH](O)O. The van der Waals surface area contributed by atoms with Crippen molar-refractivity contribution in [3.8, 4) is 0 Å². The van der Waals surface area contributed by atoms with Crippen molar-refractivity contribution in [3.63, 3.8) is 0 Å². The van der Waals surface area contributed by atoms with Crippen molar-refractivity contribution >= 4 is 14.2 Å². The largest absolute Gasteiger partial charge is 0.353 e. The lowest BCUT2D eigenvalue weighted by atomic mass is 10.0. The Kier molecular flexibility index (Phi) is 20.3. The van der Waals surface area contributed by atoms with Gasteiger partial charge in [-0.05, 0) is 24.8 Å². The Labute approximate surface area is 184 Å². The molecule has 3 N–H and O–H groups in total. The number of unbranched alkanes of at least 4 members (excludes halogenated alkanes) is 10. The minimum atomic E-state index is -3.13. The van der Waals surface area contributed by atoms with Gasteiger partial charge in [-0.25, -0.2) is 0 Å². The summed E-state index contributed by atoms with van der Waals surface area (Å²) in [6.45, 7) is 4.42. The lowest BCUT2D eigenvalue weighted by Crippen LogP contribution is -2.35. The first-order valence-electron chi connectivity index (χ1n) is 11.7.